The molecule has 54 heavy (non-hydrogen) atoms. The summed E-state index contributed by atoms with van der Waals surface area (Å²) in [4.78, 5) is 35.3. The molecule has 0 fully saturated rings. The summed E-state index contributed by atoms with van der Waals surface area (Å²) in [5.74, 6) is -0.869. The molecule has 0 saturated heterocycles. The summed E-state index contributed by atoms with van der Waals surface area (Å²) in [7, 11) is 1.45. The largest absolute Gasteiger partial charge is 0.472 e. The minimum Gasteiger partial charge on any atom is -0.462 e. The first-order valence-electron chi connectivity index (χ1n) is 22.1. The van der Waals surface area contributed by atoms with E-state index in [1.807, 2.05) is 33.3 Å². The van der Waals surface area contributed by atoms with E-state index in [9.17, 15) is 19.0 Å². The van der Waals surface area contributed by atoms with E-state index < -0.39 is 26.5 Å². The number of phosphoric acid groups is 1. The molecule has 9 nitrogen and oxygen atoms in total. The monoisotopic (exact) mass is 787 g/mol. The molecule has 0 aliphatic rings. The smallest absolute Gasteiger partial charge is 0.462 e. The van der Waals surface area contributed by atoms with Crippen LogP contribution < -0.4 is 0 Å². The van der Waals surface area contributed by atoms with Gasteiger partial charge < -0.3 is 18.9 Å². The second-order valence-corrected chi connectivity index (χ2v) is 17.5. The summed E-state index contributed by atoms with van der Waals surface area (Å²) in [6.45, 7) is 4.37. The van der Waals surface area contributed by atoms with Gasteiger partial charge in [0, 0.05) is 12.8 Å². The van der Waals surface area contributed by atoms with Gasteiger partial charge in [-0.05, 0) is 32.1 Å². The third-order valence-electron chi connectivity index (χ3n) is 9.50. The fourth-order valence-electron chi connectivity index (χ4n) is 6.01. The van der Waals surface area contributed by atoms with E-state index in [1.54, 1.807) is 0 Å². The fourth-order valence-corrected chi connectivity index (χ4v) is 6.75. The zero-order valence-electron chi connectivity index (χ0n) is 35.7. The number of esters is 2. The van der Waals surface area contributed by atoms with E-state index in [0.29, 0.717) is 17.4 Å². The number of likely N-dealkylation sites (N-methyl/N-ethyl adjacent to an activating group) is 1. The van der Waals surface area contributed by atoms with Crippen LogP contribution in [0.25, 0.3) is 0 Å². The number of ether oxygens (including phenoxy) is 2. The van der Waals surface area contributed by atoms with Gasteiger partial charge in [-0.15, -0.1) is 0 Å². The topological polar surface area (TPSA) is 108 Å². The lowest BCUT2D eigenvalue weighted by Crippen LogP contribution is -2.37. The molecule has 2 atom stereocenters. The molecule has 0 bridgehead atoms. The summed E-state index contributed by atoms with van der Waals surface area (Å²) in [5.41, 5.74) is 0. The number of rotatable bonds is 40. The van der Waals surface area contributed by atoms with Crippen LogP contribution in [0.4, 0.5) is 0 Å². The summed E-state index contributed by atoms with van der Waals surface area (Å²) in [6.07, 6.45) is 39.5. The van der Waals surface area contributed by atoms with Gasteiger partial charge in [0.25, 0.3) is 0 Å². The number of quaternary nitrogens is 1. The zero-order chi connectivity index (χ0) is 40.0. The van der Waals surface area contributed by atoms with E-state index in [2.05, 4.69) is 26.0 Å². The molecule has 0 aliphatic carbocycles. The van der Waals surface area contributed by atoms with E-state index in [0.717, 1.165) is 32.1 Å². The molecule has 0 spiro atoms. The lowest BCUT2D eigenvalue weighted by Gasteiger charge is -2.24. The van der Waals surface area contributed by atoms with Crippen LogP contribution in [0.5, 0.6) is 0 Å². The first-order valence-corrected chi connectivity index (χ1v) is 23.6. The third-order valence-corrected chi connectivity index (χ3v) is 10.5. The van der Waals surface area contributed by atoms with Crippen molar-refractivity contribution in [3.8, 4) is 0 Å². The molecule has 2 unspecified atom stereocenters. The second kappa shape index (κ2) is 37.1. The highest BCUT2D eigenvalue weighted by atomic mass is 31.2. The van der Waals surface area contributed by atoms with E-state index >= 15 is 0 Å². The van der Waals surface area contributed by atoms with Crippen LogP contribution >= 0.6 is 7.82 Å². The highest BCUT2D eigenvalue weighted by Gasteiger charge is 2.27. The van der Waals surface area contributed by atoms with Gasteiger partial charge in [-0.1, -0.05) is 173 Å². The Morgan fingerprint density at radius 1 is 0.574 bits per heavy atom. The molecule has 318 valence electrons. The molecule has 0 rings (SSSR count). The van der Waals surface area contributed by atoms with Gasteiger partial charge in [-0.3, -0.25) is 18.6 Å². The maximum atomic E-state index is 12.6. The molecule has 0 saturated carbocycles. The van der Waals surface area contributed by atoms with Crippen molar-refractivity contribution in [2.24, 2.45) is 0 Å². The molecule has 0 radical (unpaired) electrons. The van der Waals surface area contributed by atoms with Gasteiger partial charge in [0.15, 0.2) is 6.10 Å². The Hall–Kier alpha value is -1.51. The lowest BCUT2D eigenvalue weighted by atomic mass is 10.0. The normalized spacial score (nSPS) is 13.8. The molecule has 0 aromatic carbocycles. The van der Waals surface area contributed by atoms with Crippen molar-refractivity contribution in [3.05, 3.63) is 24.3 Å². The average molecular weight is 787 g/mol. The molecule has 0 amide bonds. The second-order valence-electron chi connectivity index (χ2n) is 16.1. The van der Waals surface area contributed by atoms with E-state index in [-0.39, 0.29) is 32.0 Å². The quantitative estimate of drug-likeness (QED) is 0.0215. The van der Waals surface area contributed by atoms with Gasteiger partial charge >= 0.3 is 19.8 Å². The SMILES string of the molecule is CCCCCCCCCC/C=C\C/C=C\CCC(=O)OC(COC(=O)CCCCCCCCCCCCCCCCC)COP(=O)(O)OCC[N+](C)(C)C. The Balaban J connectivity index is 4.41. The summed E-state index contributed by atoms with van der Waals surface area (Å²) >= 11 is 0. The summed E-state index contributed by atoms with van der Waals surface area (Å²) in [5, 5.41) is 0. The molecule has 1 N–H and O–H groups in total. The number of hydrogen-bond acceptors (Lipinski definition) is 7. The van der Waals surface area contributed by atoms with Crippen LogP contribution in [0.2, 0.25) is 0 Å². The number of hydrogen-bond donors (Lipinski definition) is 1. The van der Waals surface area contributed by atoms with Crippen molar-refractivity contribution in [1.29, 1.82) is 0 Å². The van der Waals surface area contributed by atoms with Crippen LogP contribution in [0.1, 0.15) is 194 Å². The van der Waals surface area contributed by atoms with Gasteiger partial charge in [-0.25, -0.2) is 4.57 Å². The Bertz CT molecular complexity index is 980. The Labute approximate surface area is 332 Å². The first-order chi connectivity index (χ1) is 26.0. The van der Waals surface area contributed by atoms with Crippen LogP contribution in [0.15, 0.2) is 24.3 Å². The zero-order valence-corrected chi connectivity index (χ0v) is 36.6. The Kier molecular flexibility index (Phi) is 36.1. The molecule has 0 heterocycles. The van der Waals surface area contributed by atoms with Crippen molar-refractivity contribution in [2.75, 3.05) is 47.5 Å². The van der Waals surface area contributed by atoms with Crippen LogP contribution in [0.3, 0.4) is 0 Å². The third kappa shape index (κ3) is 40.2. The van der Waals surface area contributed by atoms with Crippen molar-refractivity contribution in [1.82, 2.24) is 0 Å². The number of carbonyl (C=O) groups is 2. The predicted octanol–water partition coefficient (Wildman–Crippen LogP) is 12.4. The van der Waals surface area contributed by atoms with Crippen molar-refractivity contribution in [2.45, 2.75) is 200 Å². The van der Waals surface area contributed by atoms with Gasteiger partial charge in [-0.2, -0.15) is 0 Å². The minimum absolute atomic E-state index is 0.0245. The molecule has 0 aliphatic heterocycles. The van der Waals surface area contributed by atoms with Crippen LogP contribution in [0, 0.1) is 0 Å². The number of unbranched alkanes of at least 4 members (excludes halogenated alkanes) is 22. The number of carbonyl (C=O) groups excluding carboxylic acids is 2. The molecular weight excluding hydrogens is 701 g/mol. The van der Waals surface area contributed by atoms with E-state index in [4.69, 9.17) is 18.5 Å². The number of allylic oxidation sites excluding steroid dienone is 4. The predicted molar refractivity (Wildman–Crippen MR) is 224 cm³/mol. The molecule has 0 aromatic heterocycles. The van der Waals surface area contributed by atoms with Crippen LogP contribution in [-0.4, -0.2) is 74.9 Å². The van der Waals surface area contributed by atoms with Crippen molar-refractivity contribution in [3.63, 3.8) is 0 Å². The van der Waals surface area contributed by atoms with Gasteiger partial charge in [0.2, 0.25) is 0 Å². The standard InChI is InChI=1S/C44H84NO8P/c1-6-8-10-12-14-16-18-20-22-24-26-28-30-32-34-36-43(46)50-40-42(41-52-54(48,49)51-39-38-45(3,4)5)53-44(47)37-35-33-31-29-27-25-23-21-19-17-15-13-11-9-7-2/h25,27,31,33,42H,6-24,26,28-30,32,34-41H2,1-5H3/p+1/b27-25-,33-31-. The fraction of sp³-hybridized carbons (Fsp3) is 0.864. The van der Waals surface area contributed by atoms with Gasteiger partial charge in [0.1, 0.15) is 19.8 Å². The number of phosphoric ester groups is 1. The highest BCUT2D eigenvalue weighted by Crippen LogP contribution is 2.43. The Morgan fingerprint density at radius 3 is 1.54 bits per heavy atom. The molecule has 0 aromatic rings. The minimum atomic E-state index is -4.38. The first kappa shape index (κ1) is 52.5. The van der Waals surface area contributed by atoms with E-state index in [1.165, 1.54) is 128 Å². The lowest BCUT2D eigenvalue weighted by molar-refractivity contribution is -0.870. The molecular formula is C44H85NO8P+. The Morgan fingerprint density at radius 2 is 1.04 bits per heavy atom. The van der Waals surface area contributed by atoms with Crippen molar-refractivity contribution < 1.29 is 42.1 Å². The van der Waals surface area contributed by atoms with Crippen LogP contribution in [-0.2, 0) is 32.7 Å². The van der Waals surface area contributed by atoms with Crippen molar-refractivity contribution >= 4 is 19.8 Å². The molecule has 10 heteroatoms. The number of nitrogens with zero attached hydrogens (tertiary/aromatic N) is 1. The summed E-state index contributed by atoms with van der Waals surface area (Å²) < 4.78 is 34.2. The highest BCUT2D eigenvalue weighted by molar-refractivity contribution is 7.47. The maximum absolute atomic E-state index is 12.6. The average Bonchev–Trinajstić information content (AvgIpc) is 3.12. The van der Waals surface area contributed by atoms with Gasteiger partial charge in [0.05, 0.1) is 27.7 Å². The summed E-state index contributed by atoms with van der Waals surface area (Å²) in [6, 6.07) is 0. The maximum Gasteiger partial charge on any atom is 0.472 e.